The number of urea groups is 1. The van der Waals surface area contributed by atoms with Crippen LogP contribution in [0.3, 0.4) is 0 Å². The number of hydrogen-bond donors (Lipinski definition) is 2. The van der Waals surface area contributed by atoms with Crippen LogP contribution in [0.25, 0.3) is 0 Å². The number of hydrogen-bond acceptors (Lipinski definition) is 4. The van der Waals surface area contributed by atoms with Gasteiger partial charge in [0.2, 0.25) is 5.91 Å². The number of ether oxygens (including phenoxy) is 1. The summed E-state index contributed by atoms with van der Waals surface area (Å²) in [5.74, 6) is 1.32. The molecule has 0 radical (unpaired) electrons. The molecule has 7 heteroatoms. The van der Waals surface area contributed by atoms with Crippen LogP contribution >= 0.6 is 0 Å². The summed E-state index contributed by atoms with van der Waals surface area (Å²) in [6.07, 6.45) is 0.128. The molecule has 33 heavy (non-hydrogen) atoms. The first-order valence-electron chi connectivity index (χ1n) is 11.0. The highest BCUT2D eigenvalue weighted by Crippen LogP contribution is 2.26. The largest absolute Gasteiger partial charge is 0.457 e. The number of rotatable bonds is 7. The third-order valence-corrected chi connectivity index (χ3v) is 5.69. The van der Waals surface area contributed by atoms with E-state index in [2.05, 4.69) is 22.3 Å². The van der Waals surface area contributed by atoms with Gasteiger partial charge in [0.1, 0.15) is 11.5 Å². The van der Waals surface area contributed by atoms with Crippen molar-refractivity contribution in [3.63, 3.8) is 0 Å². The van der Waals surface area contributed by atoms with Gasteiger partial charge < -0.3 is 25.6 Å². The minimum atomic E-state index is -0.670. The van der Waals surface area contributed by atoms with Crippen molar-refractivity contribution in [2.75, 3.05) is 31.1 Å². The molecule has 1 fully saturated rings. The predicted molar refractivity (Wildman–Crippen MR) is 128 cm³/mol. The lowest BCUT2D eigenvalue weighted by Crippen LogP contribution is -2.49. The smallest absolute Gasteiger partial charge is 0.312 e. The molecule has 1 atom stereocenters. The highest BCUT2D eigenvalue weighted by Gasteiger charge is 2.25. The van der Waals surface area contributed by atoms with Gasteiger partial charge in [-0.3, -0.25) is 4.79 Å². The second-order valence-corrected chi connectivity index (χ2v) is 7.96. The van der Waals surface area contributed by atoms with Crippen LogP contribution in [0.2, 0.25) is 0 Å². The topological polar surface area (TPSA) is 87.9 Å². The van der Waals surface area contributed by atoms with Gasteiger partial charge in [-0.25, -0.2) is 4.79 Å². The van der Waals surface area contributed by atoms with E-state index in [4.69, 9.17) is 10.5 Å². The zero-order chi connectivity index (χ0) is 23.0. The van der Waals surface area contributed by atoms with Gasteiger partial charge in [-0.15, -0.1) is 0 Å². The van der Waals surface area contributed by atoms with Crippen LogP contribution in [0.1, 0.15) is 18.0 Å². The zero-order valence-electron chi connectivity index (χ0n) is 18.4. The van der Waals surface area contributed by atoms with Gasteiger partial charge in [-0.05, 0) is 42.0 Å². The van der Waals surface area contributed by atoms with E-state index in [0.29, 0.717) is 24.6 Å². The van der Waals surface area contributed by atoms with Crippen molar-refractivity contribution in [2.45, 2.75) is 12.5 Å². The monoisotopic (exact) mass is 444 g/mol. The van der Waals surface area contributed by atoms with E-state index in [9.17, 15) is 9.59 Å². The van der Waals surface area contributed by atoms with E-state index < -0.39 is 12.1 Å². The predicted octanol–water partition coefficient (Wildman–Crippen LogP) is 3.93. The Balaban J connectivity index is 1.41. The Labute approximate surface area is 193 Å². The fourth-order valence-electron chi connectivity index (χ4n) is 4.00. The summed E-state index contributed by atoms with van der Waals surface area (Å²) in [6.45, 7) is 2.80. The van der Waals surface area contributed by atoms with Gasteiger partial charge in [0.25, 0.3) is 0 Å². The van der Waals surface area contributed by atoms with E-state index in [0.717, 1.165) is 24.3 Å². The Morgan fingerprint density at radius 2 is 1.48 bits per heavy atom. The Bertz CT molecular complexity index is 1070. The Kier molecular flexibility index (Phi) is 7.09. The Hall–Kier alpha value is -4.00. The molecule has 0 saturated carbocycles. The lowest BCUT2D eigenvalue weighted by molar-refractivity contribution is -0.132. The molecule has 170 valence electrons. The molecule has 3 amide bonds. The van der Waals surface area contributed by atoms with Crippen LogP contribution in [-0.2, 0) is 4.79 Å². The molecule has 3 N–H and O–H groups in total. The summed E-state index contributed by atoms with van der Waals surface area (Å²) < 4.78 is 5.90. The Morgan fingerprint density at radius 3 is 2.15 bits per heavy atom. The van der Waals surface area contributed by atoms with Crippen molar-refractivity contribution in [1.29, 1.82) is 0 Å². The third kappa shape index (κ3) is 6.04. The molecule has 1 heterocycles. The van der Waals surface area contributed by atoms with Gasteiger partial charge in [-0.1, -0.05) is 48.5 Å². The molecule has 3 aromatic rings. The SMILES string of the molecule is NC(=O)NC(CC(=O)N1CCN(c2ccccc2)CC1)c1cccc(Oc2ccccc2)c1. The normalized spacial score (nSPS) is 14.4. The van der Waals surface area contributed by atoms with Gasteiger partial charge in [0.05, 0.1) is 12.5 Å². The Morgan fingerprint density at radius 1 is 0.848 bits per heavy atom. The lowest BCUT2D eigenvalue weighted by Gasteiger charge is -2.36. The van der Waals surface area contributed by atoms with Crippen molar-refractivity contribution in [3.8, 4) is 11.5 Å². The average molecular weight is 445 g/mol. The number of primary amides is 1. The molecular weight excluding hydrogens is 416 g/mol. The van der Waals surface area contributed by atoms with Crippen LogP contribution in [0, 0.1) is 0 Å². The summed E-state index contributed by atoms with van der Waals surface area (Å²) in [4.78, 5) is 28.8. The fraction of sp³-hybridized carbons (Fsp3) is 0.231. The second kappa shape index (κ2) is 10.5. The maximum absolute atomic E-state index is 13.1. The molecule has 4 rings (SSSR count). The summed E-state index contributed by atoms with van der Waals surface area (Å²) in [6, 6.07) is 25.8. The quantitative estimate of drug-likeness (QED) is 0.578. The van der Waals surface area contributed by atoms with Crippen molar-refractivity contribution < 1.29 is 14.3 Å². The zero-order valence-corrected chi connectivity index (χ0v) is 18.4. The maximum atomic E-state index is 13.1. The van der Waals surface area contributed by atoms with E-state index in [1.165, 1.54) is 0 Å². The van der Waals surface area contributed by atoms with Gasteiger partial charge in [0, 0.05) is 31.9 Å². The van der Waals surface area contributed by atoms with Crippen LogP contribution in [0.15, 0.2) is 84.9 Å². The maximum Gasteiger partial charge on any atom is 0.312 e. The second-order valence-electron chi connectivity index (χ2n) is 7.96. The molecule has 3 aromatic carbocycles. The highest BCUT2D eigenvalue weighted by molar-refractivity contribution is 5.79. The number of anilines is 1. The third-order valence-electron chi connectivity index (χ3n) is 5.69. The molecule has 1 aliphatic heterocycles. The van der Waals surface area contributed by atoms with Crippen molar-refractivity contribution in [1.82, 2.24) is 10.2 Å². The molecule has 0 spiro atoms. The first kappa shape index (κ1) is 22.2. The molecule has 0 aliphatic carbocycles. The molecule has 0 bridgehead atoms. The lowest BCUT2D eigenvalue weighted by atomic mass is 10.0. The number of para-hydroxylation sites is 2. The minimum absolute atomic E-state index is 0.0177. The summed E-state index contributed by atoms with van der Waals surface area (Å²) in [7, 11) is 0. The van der Waals surface area contributed by atoms with Crippen LogP contribution in [0.4, 0.5) is 10.5 Å². The number of carbonyl (C=O) groups excluding carboxylic acids is 2. The summed E-state index contributed by atoms with van der Waals surface area (Å²) in [5.41, 5.74) is 7.34. The first-order valence-corrected chi connectivity index (χ1v) is 11.0. The van der Waals surface area contributed by atoms with Gasteiger partial charge >= 0.3 is 6.03 Å². The number of nitrogens with one attached hydrogen (secondary N) is 1. The molecule has 0 aromatic heterocycles. The number of piperazine rings is 1. The molecule has 1 saturated heterocycles. The average Bonchev–Trinajstić information content (AvgIpc) is 2.85. The number of nitrogens with two attached hydrogens (primary N) is 1. The summed E-state index contributed by atoms with van der Waals surface area (Å²) in [5, 5.41) is 2.72. The van der Waals surface area contributed by atoms with Crippen LogP contribution in [0.5, 0.6) is 11.5 Å². The van der Waals surface area contributed by atoms with Gasteiger partial charge in [-0.2, -0.15) is 0 Å². The van der Waals surface area contributed by atoms with E-state index >= 15 is 0 Å². The van der Waals surface area contributed by atoms with E-state index in [1.54, 1.807) is 0 Å². The van der Waals surface area contributed by atoms with Crippen molar-refractivity contribution in [3.05, 3.63) is 90.5 Å². The van der Waals surface area contributed by atoms with Crippen molar-refractivity contribution >= 4 is 17.6 Å². The number of benzene rings is 3. The molecular formula is C26H28N4O3. The molecule has 1 unspecified atom stereocenters. The summed E-state index contributed by atoms with van der Waals surface area (Å²) >= 11 is 0. The number of carbonyl (C=O) groups is 2. The van der Waals surface area contributed by atoms with E-state index in [1.807, 2.05) is 77.7 Å². The minimum Gasteiger partial charge on any atom is -0.457 e. The highest BCUT2D eigenvalue weighted by atomic mass is 16.5. The van der Waals surface area contributed by atoms with Crippen LogP contribution in [-0.4, -0.2) is 43.0 Å². The van der Waals surface area contributed by atoms with Gasteiger partial charge in [0.15, 0.2) is 0 Å². The van der Waals surface area contributed by atoms with Crippen LogP contribution < -0.4 is 20.7 Å². The first-order chi connectivity index (χ1) is 16.1. The standard InChI is InChI=1S/C26H28N4O3/c27-26(32)28-24(20-8-7-13-23(18-20)33-22-11-5-2-6-12-22)19-25(31)30-16-14-29(15-17-30)21-9-3-1-4-10-21/h1-13,18,24H,14-17,19H2,(H3,27,28,32). The number of nitrogens with zero attached hydrogens (tertiary/aromatic N) is 2. The van der Waals surface area contributed by atoms with Crippen molar-refractivity contribution in [2.24, 2.45) is 5.73 Å². The molecule has 7 nitrogen and oxygen atoms in total. The number of amides is 3. The fourth-order valence-corrected chi connectivity index (χ4v) is 4.00. The van der Waals surface area contributed by atoms with E-state index in [-0.39, 0.29) is 12.3 Å². The molecule has 1 aliphatic rings.